The van der Waals surface area contributed by atoms with Gasteiger partial charge in [-0.15, -0.1) is 0 Å². The number of nitrogens with one attached hydrogen (secondary N) is 1. The molecule has 0 saturated heterocycles. The number of amides is 1. The van der Waals surface area contributed by atoms with E-state index in [2.05, 4.69) is 10.3 Å². The Bertz CT molecular complexity index is 1240. The Morgan fingerprint density at radius 3 is 2.53 bits per heavy atom. The third-order valence-corrected chi connectivity index (χ3v) is 8.82. The number of anilines is 1. The van der Waals surface area contributed by atoms with E-state index in [1.807, 2.05) is 44.2 Å². The van der Waals surface area contributed by atoms with Gasteiger partial charge in [-0.1, -0.05) is 11.3 Å². The number of hydrogen-bond acceptors (Lipinski definition) is 8. The minimum atomic E-state index is -3.92. The van der Waals surface area contributed by atoms with E-state index < -0.39 is 22.2 Å². The van der Waals surface area contributed by atoms with Crippen LogP contribution < -0.4 is 11.1 Å². The second-order valence-electron chi connectivity index (χ2n) is 8.83. The summed E-state index contributed by atoms with van der Waals surface area (Å²) in [4.78, 5) is 16.7. The van der Waals surface area contributed by atoms with Crippen LogP contribution in [0.3, 0.4) is 0 Å². The minimum absolute atomic E-state index is 0. The molecule has 0 aliphatic rings. The van der Waals surface area contributed by atoms with Crippen molar-refractivity contribution in [2.45, 2.75) is 48.2 Å². The van der Waals surface area contributed by atoms with E-state index in [1.54, 1.807) is 12.1 Å². The molecule has 3 aromatic rings. The molecule has 12 heteroatoms. The van der Waals surface area contributed by atoms with Crippen LogP contribution in [0.4, 0.5) is 5.13 Å². The average molecular weight is 655 g/mol. The number of rotatable bonds is 12. The average Bonchev–Trinajstić information content (AvgIpc) is 3.18. The third-order valence-electron chi connectivity index (χ3n) is 5.44. The van der Waals surface area contributed by atoms with Gasteiger partial charge in [0.1, 0.15) is 0 Å². The van der Waals surface area contributed by atoms with Gasteiger partial charge in [0.2, 0.25) is 0 Å². The SMILES string of the molecule is CC(C)CN(C[C@@H](O)[C@H](Cc1ccccc1)NC(=O)C[CH2][Sn+])S(=O)(=O)c1ccc2nc(N)sc2c1.[SH-]. The molecule has 2 aromatic carbocycles. The summed E-state index contributed by atoms with van der Waals surface area (Å²) in [6.45, 7) is 3.94. The van der Waals surface area contributed by atoms with Gasteiger partial charge < -0.3 is 19.2 Å². The molecule has 8 nitrogen and oxygen atoms in total. The molecule has 2 atom stereocenters. The Labute approximate surface area is 237 Å². The number of hydrogen-bond donors (Lipinski definition) is 3. The fourth-order valence-corrected chi connectivity index (χ4v) is 6.93. The standard InChI is InChI=1S/C24H31N4O4S2.H2S.Sn/c1-4-23(30)26-20(12-17-8-6-5-7-9-17)21(29)15-28(14-16(2)3)34(31,32)18-10-11-19-22(13-18)33-24(25)27-19;;/h5-11,13,16,20-21,29H,1,4,12,14-15H2,2-3H3,(H2,25,27)(H,26,30);1H2;/q;;+1/p-1/t20-,21+;;/m0../s1. The van der Waals surface area contributed by atoms with Gasteiger partial charge in [-0.05, 0) is 0 Å². The molecule has 36 heavy (non-hydrogen) atoms. The monoisotopic (exact) mass is 656 g/mol. The maximum absolute atomic E-state index is 13.6. The van der Waals surface area contributed by atoms with E-state index in [9.17, 15) is 18.3 Å². The van der Waals surface area contributed by atoms with Crippen molar-refractivity contribution < 1.29 is 18.3 Å². The summed E-state index contributed by atoms with van der Waals surface area (Å²) in [6.07, 6.45) is -0.324. The van der Waals surface area contributed by atoms with Crippen LogP contribution in [0.25, 0.3) is 10.2 Å². The zero-order valence-electron chi connectivity index (χ0n) is 20.3. The number of benzene rings is 2. The van der Waals surface area contributed by atoms with E-state index >= 15 is 0 Å². The summed E-state index contributed by atoms with van der Waals surface area (Å²) in [5.41, 5.74) is 7.37. The van der Waals surface area contributed by atoms with E-state index in [0.29, 0.717) is 28.2 Å². The van der Waals surface area contributed by atoms with Gasteiger partial charge >= 0.3 is 192 Å². The Morgan fingerprint density at radius 1 is 1.19 bits per heavy atom. The number of nitrogens with two attached hydrogens (primary N) is 1. The molecule has 0 unspecified atom stereocenters. The first-order valence-electron chi connectivity index (χ1n) is 11.4. The third kappa shape index (κ3) is 8.32. The normalized spacial score (nSPS) is 13.5. The predicted octanol–water partition coefficient (Wildman–Crippen LogP) is 2.32. The molecule has 0 spiro atoms. The second-order valence-corrected chi connectivity index (χ2v) is 13.3. The van der Waals surface area contributed by atoms with Crippen LogP contribution in [0.2, 0.25) is 4.44 Å². The van der Waals surface area contributed by atoms with Gasteiger partial charge in [0.05, 0.1) is 5.52 Å². The number of thiazole rings is 1. The smallest absolute Gasteiger partial charge is 0.813 e. The number of aliphatic hydroxyl groups is 1. The van der Waals surface area contributed by atoms with Crippen molar-refractivity contribution in [1.82, 2.24) is 14.6 Å². The number of aromatic nitrogens is 1. The van der Waals surface area contributed by atoms with E-state index in [-0.39, 0.29) is 43.3 Å². The molecule has 0 aliphatic heterocycles. The van der Waals surface area contributed by atoms with Gasteiger partial charge in [0.25, 0.3) is 0 Å². The fourth-order valence-electron chi connectivity index (χ4n) is 3.79. The van der Waals surface area contributed by atoms with Crippen LogP contribution in [-0.2, 0) is 34.7 Å². The Kier molecular flexibility index (Phi) is 12.0. The van der Waals surface area contributed by atoms with Crippen molar-refractivity contribution in [3.63, 3.8) is 0 Å². The molecule has 0 aliphatic carbocycles. The minimum Gasteiger partial charge on any atom is -0.813 e. The van der Waals surface area contributed by atoms with Crippen molar-refractivity contribution in [2.24, 2.45) is 5.92 Å². The zero-order valence-corrected chi connectivity index (χ0v) is 25.7. The Hall–Kier alpha value is -1.38. The van der Waals surface area contributed by atoms with Gasteiger partial charge in [0, 0.05) is 0 Å². The van der Waals surface area contributed by atoms with E-state index in [0.717, 1.165) is 10.0 Å². The molecule has 1 heterocycles. The second kappa shape index (κ2) is 14.0. The quantitative estimate of drug-likeness (QED) is 0.156. The molecular weight excluding hydrogens is 623 g/mol. The first-order valence-corrected chi connectivity index (χ1v) is 15.7. The Morgan fingerprint density at radius 2 is 1.89 bits per heavy atom. The van der Waals surface area contributed by atoms with Crippen LogP contribution in [-0.4, -0.2) is 76.5 Å². The fraction of sp³-hybridized carbons (Fsp3) is 0.417. The summed E-state index contributed by atoms with van der Waals surface area (Å²) in [7, 11) is -3.92. The molecule has 0 bridgehead atoms. The number of thiol groups is 1. The number of fused-ring (bicyclic) bond motifs is 1. The van der Waals surface area contributed by atoms with Crippen molar-refractivity contribution in [3.8, 4) is 0 Å². The molecular formula is C24H32N4O4S3Sn. The number of nitrogens with zero attached hydrogens (tertiary/aromatic N) is 2. The van der Waals surface area contributed by atoms with Crippen LogP contribution in [0.15, 0.2) is 53.4 Å². The van der Waals surface area contributed by atoms with Crippen LogP contribution in [0.5, 0.6) is 0 Å². The van der Waals surface area contributed by atoms with Crippen molar-refractivity contribution >= 4 is 78.6 Å². The molecule has 4 N–H and O–H groups in total. The summed E-state index contributed by atoms with van der Waals surface area (Å²) in [5.74, 6) is -0.112. The van der Waals surface area contributed by atoms with Gasteiger partial charge in [0.15, 0.2) is 5.13 Å². The number of carbonyl (C=O) groups is 1. The molecule has 0 fully saturated rings. The van der Waals surface area contributed by atoms with Gasteiger partial charge in [-0.3, -0.25) is 0 Å². The summed E-state index contributed by atoms with van der Waals surface area (Å²) in [5, 5.41) is 14.5. The van der Waals surface area contributed by atoms with Gasteiger partial charge in [-0.2, -0.15) is 0 Å². The van der Waals surface area contributed by atoms with Crippen LogP contribution in [0.1, 0.15) is 25.8 Å². The van der Waals surface area contributed by atoms with Crippen LogP contribution in [0, 0.1) is 5.92 Å². The van der Waals surface area contributed by atoms with Crippen molar-refractivity contribution in [3.05, 3.63) is 54.1 Å². The maximum atomic E-state index is 13.6. The van der Waals surface area contributed by atoms with Crippen molar-refractivity contribution in [2.75, 3.05) is 18.8 Å². The molecule has 0 saturated carbocycles. The van der Waals surface area contributed by atoms with Crippen LogP contribution >= 0.6 is 11.3 Å². The zero-order chi connectivity index (χ0) is 25.6. The molecule has 194 valence electrons. The van der Waals surface area contributed by atoms with E-state index in [4.69, 9.17) is 5.73 Å². The first-order chi connectivity index (χ1) is 16.6. The predicted molar refractivity (Wildman–Crippen MR) is 150 cm³/mol. The maximum Gasteiger partial charge on any atom is -0.813 e. The van der Waals surface area contributed by atoms with E-state index in [1.165, 1.54) is 44.2 Å². The Balaban J connectivity index is 0.00000456. The number of sulfonamides is 1. The summed E-state index contributed by atoms with van der Waals surface area (Å²) < 4.78 is 30.0. The number of carbonyl (C=O) groups excluding carboxylic acids is 1. The van der Waals surface area contributed by atoms with Gasteiger partial charge in [-0.25, -0.2) is 4.98 Å². The largest absolute Gasteiger partial charge is 0.813 e. The summed E-state index contributed by atoms with van der Waals surface area (Å²) in [6, 6.07) is 13.7. The molecule has 1 aromatic heterocycles. The number of aliphatic hydroxyl groups excluding tert-OH is 1. The molecule has 1 amide bonds. The molecule has 3 rings (SSSR count). The molecule has 2 radical (unpaired) electrons. The topological polar surface area (TPSA) is 126 Å². The number of nitrogen functional groups attached to an aromatic ring is 1. The summed E-state index contributed by atoms with van der Waals surface area (Å²) >= 11 is 2.49. The first kappa shape index (κ1) is 30.8. The van der Waals surface area contributed by atoms with Crippen molar-refractivity contribution in [1.29, 1.82) is 0 Å².